The van der Waals surface area contributed by atoms with Gasteiger partial charge in [0.1, 0.15) is 23.1 Å². The Morgan fingerprint density at radius 1 is 1.12 bits per heavy atom. The van der Waals surface area contributed by atoms with Crippen molar-refractivity contribution in [2.45, 2.75) is 50.7 Å². The number of halogens is 3. The largest absolute Gasteiger partial charge is 0.373 e. The predicted octanol–water partition coefficient (Wildman–Crippen LogP) is 4.58. The molecule has 26 heavy (non-hydrogen) atoms. The first kappa shape index (κ1) is 19.3. The molecule has 2 aliphatic rings. The zero-order valence-corrected chi connectivity index (χ0v) is 15.3. The van der Waals surface area contributed by atoms with Crippen LogP contribution in [0.5, 0.6) is 0 Å². The van der Waals surface area contributed by atoms with Gasteiger partial charge in [0, 0.05) is 11.5 Å². The molecule has 1 aromatic carbocycles. The SMILES string of the molecule is Cl.Fc1cccc(F)c1-c1noc(C2CC2)c1COC1CCCNCC1. The Morgan fingerprint density at radius 3 is 2.62 bits per heavy atom. The Kier molecular flexibility index (Phi) is 6.27. The number of ether oxygens (including phenoxy) is 1. The van der Waals surface area contributed by atoms with Crippen molar-refractivity contribution < 1.29 is 18.0 Å². The van der Waals surface area contributed by atoms with Crippen LogP contribution in [0.2, 0.25) is 0 Å². The van der Waals surface area contributed by atoms with Crippen molar-refractivity contribution >= 4 is 12.4 Å². The lowest BCUT2D eigenvalue weighted by molar-refractivity contribution is 0.0325. The van der Waals surface area contributed by atoms with E-state index in [0.717, 1.165) is 51.0 Å². The summed E-state index contributed by atoms with van der Waals surface area (Å²) in [7, 11) is 0. The second-order valence-corrected chi connectivity index (χ2v) is 6.86. The van der Waals surface area contributed by atoms with Crippen LogP contribution in [0.1, 0.15) is 49.3 Å². The van der Waals surface area contributed by atoms with Gasteiger partial charge in [0.2, 0.25) is 0 Å². The van der Waals surface area contributed by atoms with Gasteiger partial charge >= 0.3 is 0 Å². The van der Waals surface area contributed by atoms with Gasteiger partial charge in [-0.15, -0.1) is 12.4 Å². The van der Waals surface area contributed by atoms with E-state index in [9.17, 15) is 8.78 Å². The Balaban J connectivity index is 0.00000196. The summed E-state index contributed by atoms with van der Waals surface area (Å²) in [5, 5.41) is 7.36. The summed E-state index contributed by atoms with van der Waals surface area (Å²) < 4.78 is 40.0. The maximum atomic E-state index is 14.2. The van der Waals surface area contributed by atoms with Crippen molar-refractivity contribution in [1.82, 2.24) is 10.5 Å². The van der Waals surface area contributed by atoms with Crippen LogP contribution in [0.3, 0.4) is 0 Å². The number of benzene rings is 1. The maximum Gasteiger partial charge on any atom is 0.145 e. The monoisotopic (exact) mass is 384 g/mol. The molecule has 1 saturated heterocycles. The molecule has 1 saturated carbocycles. The summed E-state index contributed by atoms with van der Waals surface area (Å²) in [4.78, 5) is 0. The van der Waals surface area contributed by atoms with Crippen molar-refractivity contribution in [2.24, 2.45) is 0 Å². The molecule has 7 heteroatoms. The summed E-state index contributed by atoms with van der Waals surface area (Å²) in [5.41, 5.74) is 0.812. The van der Waals surface area contributed by atoms with Crippen LogP contribution in [0, 0.1) is 11.6 Å². The molecule has 0 amide bonds. The Morgan fingerprint density at radius 2 is 1.88 bits per heavy atom. The minimum Gasteiger partial charge on any atom is -0.373 e. The van der Waals surface area contributed by atoms with Gasteiger partial charge in [-0.2, -0.15) is 0 Å². The third-order valence-electron chi connectivity index (χ3n) is 4.95. The molecule has 1 N–H and O–H groups in total. The van der Waals surface area contributed by atoms with Crippen LogP contribution in [0.4, 0.5) is 8.78 Å². The average Bonchev–Trinajstić information content (AvgIpc) is 3.40. The molecule has 1 unspecified atom stereocenters. The molecule has 142 valence electrons. The van der Waals surface area contributed by atoms with Crippen LogP contribution in [-0.4, -0.2) is 24.4 Å². The second kappa shape index (κ2) is 8.46. The van der Waals surface area contributed by atoms with Gasteiger partial charge in [-0.1, -0.05) is 11.2 Å². The Hall–Kier alpha value is -1.50. The van der Waals surface area contributed by atoms with Gasteiger partial charge in [0.05, 0.1) is 18.3 Å². The van der Waals surface area contributed by atoms with Crippen LogP contribution < -0.4 is 5.32 Å². The van der Waals surface area contributed by atoms with Crippen LogP contribution in [0.15, 0.2) is 22.7 Å². The molecule has 2 fully saturated rings. The molecule has 2 heterocycles. The van der Waals surface area contributed by atoms with Crippen molar-refractivity contribution in [3.63, 3.8) is 0 Å². The van der Waals surface area contributed by atoms with E-state index in [-0.39, 0.29) is 36.4 Å². The lowest BCUT2D eigenvalue weighted by Crippen LogP contribution is -2.17. The summed E-state index contributed by atoms with van der Waals surface area (Å²) in [6.07, 6.45) is 5.19. The van der Waals surface area contributed by atoms with Gasteiger partial charge in [0.25, 0.3) is 0 Å². The number of hydrogen-bond donors (Lipinski definition) is 1. The number of hydrogen-bond acceptors (Lipinski definition) is 4. The lowest BCUT2D eigenvalue weighted by atomic mass is 10.0. The van der Waals surface area contributed by atoms with Gasteiger partial charge in [-0.25, -0.2) is 8.78 Å². The number of aromatic nitrogens is 1. The van der Waals surface area contributed by atoms with Crippen LogP contribution in [-0.2, 0) is 11.3 Å². The van der Waals surface area contributed by atoms with Crippen molar-refractivity contribution in [1.29, 1.82) is 0 Å². The normalized spacial score (nSPS) is 20.5. The number of nitrogens with zero attached hydrogens (tertiary/aromatic N) is 1. The first-order valence-electron chi connectivity index (χ1n) is 8.99. The third-order valence-corrected chi connectivity index (χ3v) is 4.95. The summed E-state index contributed by atoms with van der Waals surface area (Å²) >= 11 is 0. The molecule has 0 spiro atoms. The zero-order valence-electron chi connectivity index (χ0n) is 14.5. The van der Waals surface area contributed by atoms with Crippen molar-refractivity contribution in [3.05, 3.63) is 41.2 Å². The fourth-order valence-electron chi connectivity index (χ4n) is 3.40. The highest BCUT2D eigenvalue weighted by Crippen LogP contribution is 2.44. The molecule has 0 bridgehead atoms. The topological polar surface area (TPSA) is 47.3 Å². The fourth-order valence-corrected chi connectivity index (χ4v) is 3.40. The summed E-state index contributed by atoms with van der Waals surface area (Å²) in [6, 6.07) is 3.84. The molecule has 1 aliphatic heterocycles. The zero-order chi connectivity index (χ0) is 17.2. The third kappa shape index (κ3) is 4.08. The van der Waals surface area contributed by atoms with E-state index in [1.807, 2.05) is 0 Å². The van der Waals surface area contributed by atoms with E-state index < -0.39 is 11.6 Å². The Labute approximate surface area is 157 Å². The predicted molar refractivity (Wildman–Crippen MR) is 96.4 cm³/mol. The maximum absolute atomic E-state index is 14.2. The van der Waals surface area contributed by atoms with E-state index in [2.05, 4.69) is 10.5 Å². The van der Waals surface area contributed by atoms with E-state index in [1.165, 1.54) is 18.2 Å². The van der Waals surface area contributed by atoms with E-state index in [0.29, 0.717) is 11.5 Å². The van der Waals surface area contributed by atoms with E-state index in [1.54, 1.807) is 0 Å². The number of nitrogens with one attached hydrogen (secondary N) is 1. The summed E-state index contributed by atoms with van der Waals surface area (Å²) in [5.74, 6) is -0.235. The van der Waals surface area contributed by atoms with Crippen LogP contribution in [0.25, 0.3) is 11.3 Å². The molecule has 1 atom stereocenters. The molecular formula is C19H23ClF2N2O2. The van der Waals surface area contributed by atoms with Crippen molar-refractivity contribution in [3.8, 4) is 11.3 Å². The minimum atomic E-state index is -0.629. The first-order chi connectivity index (χ1) is 12.2. The van der Waals surface area contributed by atoms with E-state index in [4.69, 9.17) is 9.26 Å². The second-order valence-electron chi connectivity index (χ2n) is 6.86. The highest BCUT2D eigenvalue weighted by molar-refractivity contribution is 5.85. The quantitative estimate of drug-likeness (QED) is 0.819. The molecule has 1 aliphatic carbocycles. The number of rotatable bonds is 5. The molecule has 0 radical (unpaired) electrons. The Bertz CT molecular complexity index is 721. The molecule has 4 nitrogen and oxygen atoms in total. The molecule has 2 aromatic rings. The standard InChI is InChI=1S/C19H22F2N2O2.ClH/c20-15-4-1-5-16(21)17(15)18-14(19(25-23-18)12-6-7-12)11-24-13-3-2-9-22-10-8-13;/h1,4-5,12-13,22H,2-3,6-11H2;1H. The van der Waals surface area contributed by atoms with Gasteiger partial charge in [-0.3, -0.25) is 0 Å². The van der Waals surface area contributed by atoms with Gasteiger partial charge < -0.3 is 14.6 Å². The fraction of sp³-hybridized carbons (Fsp3) is 0.526. The van der Waals surface area contributed by atoms with Crippen molar-refractivity contribution in [2.75, 3.05) is 13.1 Å². The molecular weight excluding hydrogens is 362 g/mol. The van der Waals surface area contributed by atoms with Gasteiger partial charge in [0.15, 0.2) is 0 Å². The lowest BCUT2D eigenvalue weighted by Gasteiger charge is -2.15. The summed E-state index contributed by atoms with van der Waals surface area (Å²) in [6.45, 7) is 2.22. The van der Waals surface area contributed by atoms with E-state index >= 15 is 0 Å². The first-order valence-corrected chi connectivity index (χ1v) is 8.99. The highest BCUT2D eigenvalue weighted by atomic mass is 35.5. The average molecular weight is 385 g/mol. The minimum absolute atomic E-state index is 0. The molecule has 4 rings (SSSR count). The molecule has 1 aromatic heterocycles. The highest BCUT2D eigenvalue weighted by Gasteiger charge is 2.34. The van der Waals surface area contributed by atoms with Crippen LogP contribution >= 0.6 is 12.4 Å². The smallest absolute Gasteiger partial charge is 0.145 e. The van der Waals surface area contributed by atoms with Gasteiger partial charge in [-0.05, 0) is 57.3 Å².